The molecule has 0 saturated carbocycles. The third-order valence-electron chi connectivity index (χ3n) is 3.97. The van der Waals surface area contributed by atoms with Crippen LogP contribution in [0.1, 0.15) is 18.4 Å². The van der Waals surface area contributed by atoms with Gasteiger partial charge in [-0.2, -0.15) is 5.26 Å². The largest absolute Gasteiger partial charge is 0.508 e. The summed E-state index contributed by atoms with van der Waals surface area (Å²) < 4.78 is 5.01. The van der Waals surface area contributed by atoms with Crippen LogP contribution in [-0.2, 0) is 9.53 Å². The van der Waals surface area contributed by atoms with E-state index in [1.807, 2.05) is 6.07 Å². The molecule has 0 bridgehead atoms. The normalized spacial score (nSPS) is 19.8. The van der Waals surface area contributed by atoms with E-state index in [4.69, 9.17) is 4.74 Å². The molecule has 1 atom stereocenters. The van der Waals surface area contributed by atoms with Gasteiger partial charge in [0.25, 0.3) is 0 Å². The Kier molecular flexibility index (Phi) is 7.09. The van der Waals surface area contributed by atoms with Crippen molar-refractivity contribution in [3.63, 3.8) is 0 Å². The summed E-state index contributed by atoms with van der Waals surface area (Å²) in [4.78, 5) is 11.5. The molecule has 4 N–H and O–H groups in total. The van der Waals surface area contributed by atoms with Crippen molar-refractivity contribution in [2.75, 3.05) is 26.3 Å². The van der Waals surface area contributed by atoms with E-state index in [0.717, 1.165) is 26.3 Å². The lowest BCUT2D eigenvalue weighted by Gasteiger charge is -2.26. The summed E-state index contributed by atoms with van der Waals surface area (Å²) >= 11 is 4.20. The fourth-order valence-corrected chi connectivity index (χ4v) is 3.07. The standard InChI is InChI=1S/C14H12N2O3S.C4H9NO/c1-7-11(14(18)19)12(10(6-15)13(20)16-7)8-2-4-9(17)5-3-8;1-3-6-4-2-5-1/h2-5,12,16-17,20H,1H3,(H,18,19);5H,1-4H2. The van der Waals surface area contributed by atoms with Crippen LogP contribution in [0.4, 0.5) is 0 Å². The summed E-state index contributed by atoms with van der Waals surface area (Å²) in [7, 11) is 0. The Balaban J connectivity index is 0.000000342. The Labute approximate surface area is 157 Å². The molecule has 0 amide bonds. The molecule has 2 aliphatic rings. The molecule has 26 heavy (non-hydrogen) atoms. The number of phenols is 1. The predicted octanol–water partition coefficient (Wildman–Crippen LogP) is 1.71. The highest BCUT2D eigenvalue weighted by atomic mass is 32.1. The number of hydrogen-bond acceptors (Lipinski definition) is 7. The highest BCUT2D eigenvalue weighted by Crippen LogP contribution is 2.38. The maximum absolute atomic E-state index is 11.5. The van der Waals surface area contributed by atoms with Gasteiger partial charge in [0.15, 0.2) is 0 Å². The van der Waals surface area contributed by atoms with Gasteiger partial charge in [0.2, 0.25) is 0 Å². The lowest BCUT2D eigenvalue weighted by Crippen LogP contribution is -2.30. The molecule has 1 aromatic rings. The second-order valence-electron chi connectivity index (χ2n) is 5.73. The zero-order valence-corrected chi connectivity index (χ0v) is 15.2. The summed E-state index contributed by atoms with van der Waals surface area (Å²) in [5.74, 6) is -1.72. The van der Waals surface area contributed by atoms with Gasteiger partial charge in [0.05, 0.1) is 41.4 Å². The molecule has 0 aliphatic carbocycles. The van der Waals surface area contributed by atoms with Crippen LogP contribution in [-0.4, -0.2) is 42.5 Å². The number of benzene rings is 1. The maximum atomic E-state index is 11.5. The minimum atomic E-state index is -1.10. The molecule has 138 valence electrons. The number of ether oxygens (including phenoxy) is 1. The fourth-order valence-electron chi connectivity index (χ4n) is 2.73. The average molecular weight is 375 g/mol. The molecule has 1 unspecified atom stereocenters. The lowest BCUT2D eigenvalue weighted by atomic mass is 9.82. The van der Waals surface area contributed by atoms with Crippen molar-refractivity contribution in [2.45, 2.75) is 12.8 Å². The molecule has 1 fully saturated rings. The van der Waals surface area contributed by atoms with Crippen molar-refractivity contribution in [1.82, 2.24) is 10.6 Å². The number of hydrogen-bond donors (Lipinski definition) is 5. The Morgan fingerprint density at radius 1 is 1.31 bits per heavy atom. The van der Waals surface area contributed by atoms with E-state index in [0.29, 0.717) is 16.3 Å². The topological polar surface area (TPSA) is 115 Å². The molecule has 2 aliphatic heterocycles. The lowest BCUT2D eigenvalue weighted by molar-refractivity contribution is -0.133. The fraction of sp³-hybridized carbons (Fsp3) is 0.333. The Morgan fingerprint density at radius 2 is 1.92 bits per heavy atom. The Hall–Kier alpha value is -2.47. The van der Waals surface area contributed by atoms with E-state index in [9.17, 15) is 20.3 Å². The third-order valence-corrected chi connectivity index (χ3v) is 4.32. The summed E-state index contributed by atoms with van der Waals surface area (Å²) in [6.07, 6.45) is 0. The zero-order chi connectivity index (χ0) is 19.1. The van der Waals surface area contributed by atoms with E-state index >= 15 is 0 Å². The number of rotatable bonds is 2. The van der Waals surface area contributed by atoms with Gasteiger partial charge in [0, 0.05) is 18.8 Å². The van der Waals surface area contributed by atoms with Crippen LogP contribution < -0.4 is 10.6 Å². The Morgan fingerprint density at radius 3 is 2.35 bits per heavy atom. The van der Waals surface area contributed by atoms with Gasteiger partial charge < -0.3 is 25.6 Å². The Bertz CT molecular complexity index is 750. The quantitative estimate of drug-likeness (QED) is 0.500. The van der Waals surface area contributed by atoms with E-state index < -0.39 is 11.9 Å². The molecular weight excluding hydrogens is 354 g/mol. The molecule has 2 heterocycles. The number of carboxylic acids is 1. The molecule has 0 spiro atoms. The number of aromatic hydroxyl groups is 1. The second kappa shape index (κ2) is 9.29. The molecular formula is C18H21N3O4S. The first-order valence-electron chi connectivity index (χ1n) is 8.07. The first-order valence-corrected chi connectivity index (χ1v) is 8.52. The van der Waals surface area contributed by atoms with Crippen molar-refractivity contribution < 1.29 is 19.7 Å². The summed E-state index contributed by atoms with van der Waals surface area (Å²) in [6.45, 7) is 5.46. The van der Waals surface area contributed by atoms with Crippen molar-refractivity contribution in [2.24, 2.45) is 0 Å². The predicted molar refractivity (Wildman–Crippen MR) is 99.6 cm³/mol. The number of dihydropyridines is 1. The number of aliphatic carboxylic acids is 1. The van der Waals surface area contributed by atoms with Crippen LogP contribution in [0.25, 0.3) is 0 Å². The number of nitrogens with one attached hydrogen (secondary N) is 2. The van der Waals surface area contributed by atoms with Gasteiger partial charge in [0.1, 0.15) is 5.75 Å². The molecule has 7 nitrogen and oxygen atoms in total. The van der Waals surface area contributed by atoms with E-state index in [1.165, 1.54) is 12.1 Å². The van der Waals surface area contributed by atoms with E-state index in [2.05, 4.69) is 23.3 Å². The number of carboxylic acid groups (broad SMARTS) is 1. The summed E-state index contributed by atoms with van der Waals surface area (Å²) in [6, 6.07) is 8.11. The van der Waals surface area contributed by atoms with Crippen LogP contribution in [0.3, 0.4) is 0 Å². The molecule has 8 heteroatoms. The number of carbonyl (C=O) groups is 1. The maximum Gasteiger partial charge on any atom is 0.334 e. The van der Waals surface area contributed by atoms with Crippen LogP contribution in [0, 0.1) is 11.3 Å². The monoisotopic (exact) mass is 375 g/mol. The highest BCUT2D eigenvalue weighted by molar-refractivity contribution is 7.84. The van der Waals surface area contributed by atoms with Gasteiger partial charge in [-0.15, -0.1) is 12.6 Å². The van der Waals surface area contributed by atoms with Crippen molar-refractivity contribution in [1.29, 1.82) is 5.26 Å². The van der Waals surface area contributed by atoms with Crippen LogP contribution in [0.2, 0.25) is 0 Å². The highest BCUT2D eigenvalue weighted by Gasteiger charge is 2.33. The van der Waals surface area contributed by atoms with E-state index in [-0.39, 0.29) is 16.9 Å². The van der Waals surface area contributed by atoms with Crippen molar-refractivity contribution in [3.05, 3.63) is 51.7 Å². The SMILES string of the molecule is C1COCCN1.CC1=C(C(=O)O)C(c2ccc(O)cc2)C(C#N)=C(S)N1. The van der Waals surface area contributed by atoms with Crippen LogP contribution in [0.5, 0.6) is 5.75 Å². The number of morpholine rings is 1. The third kappa shape index (κ3) is 4.79. The molecule has 0 aromatic heterocycles. The number of nitrogens with zero attached hydrogens (tertiary/aromatic N) is 1. The van der Waals surface area contributed by atoms with Crippen molar-refractivity contribution in [3.8, 4) is 11.8 Å². The smallest absolute Gasteiger partial charge is 0.334 e. The van der Waals surface area contributed by atoms with E-state index in [1.54, 1.807) is 19.1 Å². The van der Waals surface area contributed by atoms with Crippen LogP contribution >= 0.6 is 12.6 Å². The second-order valence-corrected chi connectivity index (χ2v) is 6.18. The summed E-state index contributed by atoms with van der Waals surface area (Å²) in [5.41, 5.74) is 1.40. The number of nitriles is 1. The zero-order valence-electron chi connectivity index (χ0n) is 14.3. The minimum absolute atomic E-state index is 0.0776. The van der Waals surface area contributed by atoms with Crippen LogP contribution in [0.15, 0.2) is 46.1 Å². The van der Waals surface area contributed by atoms with Gasteiger partial charge in [-0.3, -0.25) is 0 Å². The molecule has 3 rings (SSSR count). The average Bonchev–Trinajstić information content (AvgIpc) is 2.63. The number of allylic oxidation sites excluding steroid dienone is 2. The molecule has 0 radical (unpaired) electrons. The summed E-state index contributed by atoms with van der Waals surface area (Å²) in [5, 5.41) is 34.3. The van der Waals surface area contributed by atoms with Gasteiger partial charge in [-0.25, -0.2) is 4.79 Å². The minimum Gasteiger partial charge on any atom is -0.508 e. The number of thiol groups is 1. The first-order chi connectivity index (χ1) is 12.5. The molecule has 1 aromatic carbocycles. The molecule has 1 saturated heterocycles. The van der Waals surface area contributed by atoms with Crippen molar-refractivity contribution >= 4 is 18.6 Å². The van der Waals surface area contributed by atoms with Gasteiger partial charge in [-0.1, -0.05) is 12.1 Å². The first kappa shape index (κ1) is 19.8. The number of phenolic OH excluding ortho intramolecular Hbond substituents is 1. The van der Waals surface area contributed by atoms with Gasteiger partial charge >= 0.3 is 5.97 Å². The van der Waals surface area contributed by atoms with Gasteiger partial charge in [-0.05, 0) is 24.6 Å².